The monoisotopic (exact) mass is 399 g/mol. The Balaban J connectivity index is 1.74. The maximum Gasteiger partial charge on any atom is 0.401 e. The van der Waals surface area contributed by atoms with Crippen molar-refractivity contribution in [2.75, 3.05) is 26.7 Å². The second-order valence-corrected chi connectivity index (χ2v) is 6.69. The lowest BCUT2D eigenvalue weighted by atomic mass is 9.82. The molecule has 0 N–H and O–H groups in total. The lowest BCUT2D eigenvalue weighted by molar-refractivity contribution is -0.152. The summed E-state index contributed by atoms with van der Waals surface area (Å²) in [4.78, 5) is 21.6. The maximum absolute atomic E-state index is 12.6. The van der Waals surface area contributed by atoms with Crippen LogP contribution in [0.1, 0.15) is 24.8 Å². The number of piperidine rings is 1. The standard InChI is InChI=1S/C18H20F3N3O4/c1-26-16(25)3-9-27-23-14-10-17(28-15-11-22-6-2-13(14)15)4-7-24(8-5-17)12-18(19,20)21/h2-3,6,9,11H,4-5,7-8,10,12H2,1H3/b9-3+,23-14+. The van der Waals surface area contributed by atoms with Crippen LogP contribution >= 0.6 is 0 Å². The smallest absolute Gasteiger partial charge is 0.401 e. The van der Waals surface area contributed by atoms with Gasteiger partial charge in [0.2, 0.25) is 0 Å². The summed E-state index contributed by atoms with van der Waals surface area (Å²) in [5.41, 5.74) is 0.624. The summed E-state index contributed by atoms with van der Waals surface area (Å²) in [5, 5.41) is 4.08. The minimum Gasteiger partial charge on any atom is -0.484 e. The average Bonchev–Trinajstić information content (AvgIpc) is 2.66. The summed E-state index contributed by atoms with van der Waals surface area (Å²) in [6, 6.07) is 1.73. The number of carbonyl (C=O) groups excluding carboxylic acids is 1. The fourth-order valence-corrected chi connectivity index (χ4v) is 3.35. The molecule has 0 atom stereocenters. The van der Waals surface area contributed by atoms with E-state index in [1.54, 1.807) is 18.5 Å². The largest absolute Gasteiger partial charge is 0.484 e. The maximum atomic E-state index is 12.6. The summed E-state index contributed by atoms with van der Waals surface area (Å²) < 4.78 is 48.5. The fourth-order valence-electron chi connectivity index (χ4n) is 3.35. The molecule has 0 radical (unpaired) electrons. The fraction of sp³-hybridized carbons (Fsp3) is 0.500. The third-order valence-electron chi connectivity index (χ3n) is 4.71. The van der Waals surface area contributed by atoms with Crippen molar-refractivity contribution in [2.45, 2.75) is 31.0 Å². The van der Waals surface area contributed by atoms with E-state index in [1.165, 1.54) is 12.0 Å². The number of methoxy groups -OCH3 is 1. The average molecular weight is 399 g/mol. The topological polar surface area (TPSA) is 73.2 Å². The highest BCUT2D eigenvalue weighted by atomic mass is 19.4. The molecule has 2 aliphatic heterocycles. The van der Waals surface area contributed by atoms with E-state index in [-0.39, 0.29) is 13.1 Å². The number of carbonyl (C=O) groups is 1. The summed E-state index contributed by atoms with van der Waals surface area (Å²) in [6.07, 6.45) is 2.35. The third kappa shape index (κ3) is 5.00. The van der Waals surface area contributed by atoms with Gasteiger partial charge >= 0.3 is 12.1 Å². The molecule has 0 saturated carbocycles. The zero-order valence-corrected chi connectivity index (χ0v) is 15.2. The van der Waals surface area contributed by atoms with Crippen LogP contribution in [0, 0.1) is 0 Å². The number of alkyl halides is 3. The Bertz CT molecular complexity index is 772. The molecule has 28 heavy (non-hydrogen) atoms. The number of rotatable bonds is 4. The number of halogens is 3. The summed E-state index contributed by atoms with van der Waals surface area (Å²) >= 11 is 0. The summed E-state index contributed by atoms with van der Waals surface area (Å²) in [6.45, 7) is -0.388. The Morgan fingerprint density at radius 3 is 2.86 bits per heavy atom. The molecule has 1 spiro atoms. The Labute approximate surface area is 159 Å². The molecule has 1 fully saturated rings. The normalized spacial score (nSPS) is 20.8. The van der Waals surface area contributed by atoms with Gasteiger partial charge in [-0.2, -0.15) is 13.2 Å². The van der Waals surface area contributed by atoms with E-state index >= 15 is 0 Å². The van der Waals surface area contributed by atoms with Gasteiger partial charge in [-0.15, -0.1) is 0 Å². The van der Waals surface area contributed by atoms with Gasteiger partial charge < -0.3 is 14.3 Å². The van der Waals surface area contributed by atoms with Gasteiger partial charge in [-0.05, 0) is 6.07 Å². The number of likely N-dealkylation sites (tertiary alicyclic amines) is 1. The zero-order valence-electron chi connectivity index (χ0n) is 15.2. The molecule has 152 valence electrons. The second kappa shape index (κ2) is 8.17. The van der Waals surface area contributed by atoms with Gasteiger partial charge in [-0.1, -0.05) is 5.16 Å². The van der Waals surface area contributed by atoms with Gasteiger partial charge in [0.05, 0.1) is 31.6 Å². The molecule has 0 unspecified atom stereocenters. The van der Waals surface area contributed by atoms with Crippen LogP contribution in [0.25, 0.3) is 0 Å². The number of ether oxygens (including phenoxy) is 2. The number of pyridine rings is 1. The minimum atomic E-state index is -4.22. The van der Waals surface area contributed by atoms with Gasteiger partial charge in [0, 0.05) is 44.1 Å². The van der Waals surface area contributed by atoms with E-state index in [9.17, 15) is 18.0 Å². The Hall–Kier alpha value is -2.62. The molecule has 2 aliphatic rings. The van der Waals surface area contributed by atoms with Crippen LogP contribution in [0.15, 0.2) is 36.0 Å². The molecule has 0 aromatic carbocycles. The van der Waals surface area contributed by atoms with Crippen molar-refractivity contribution in [1.82, 2.24) is 9.88 Å². The van der Waals surface area contributed by atoms with E-state index in [4.69, 9.17) is 9.57 Å². The van der Waals surface area contributed by atoms with Crippen LogP contribution in [-0.2, 0) is 14.4 Å². The van der Waals surface area contributed by atoms with E-state index in [0.717, 1.165) is 12.3 Å². The van der Waals surface area contributed by atoms with Crippen LogP contribution in [0.2, 0.25) is 0 Å². The second-order valence-electron chi connectivity index (χ2n) is 6.69. The van der Waals surface area contributed by atoms with Crippen molar-refractivity contribution >= 4 is 11.7 Å². The summed E-state index contributed by atoms with van der Waals surface area (Å²) in [5.74, 6) is -0.0670. The molecule has 0 amide bonds. The van der Waals surface area contributed by atoms with Crippen LogP contribution in [0.5, 0.6) is 5.75 Å². The minimum absolute atomic E-state index is 0.269. The van der Waals surface area contributed by atoms with Crippen LogP contribution in [-0.4, -0.2) is 60.1 Å². The van der Waals surface area contributed by atoms with Crippen LogP contribution < -0.4 is 4.74 Å². The quantitative estimate of drug-likeness (QED) is 0.336. The van der Waals surface area contributed by atoms with E-state index < -0.39 is 24.3 Å². The molecule has 3 rings (SSSR count). The predicted octanol–water partition coefficient (Wildman–Crippen LogP) is 2.67. The highest BCUT2D eigenvalue weighted by Gasteiger charge is 2.44. The van der Waals surface area contributed by atoms with Crippen LogP contribution in [0.3, 0.4) is 0 Å². The number of hydrogen-bond acceptors (Lipinski definition) is 7. The Morgan fingerprint density at radius 1 is 1.43 bits per heavy atom. The zero-order chi connectivity index (χ0) is 20.2. The van der Waals surface area contributed by atoms with Gasteiger partial charge in [0.15, 0.2) is 0 Å². The first-order valence-electron chi connectivity index (χ1n) is 8.70. The molecule has 1 aromatic rings. The number of oxime groups is 1. The number of nitrogens with zero attached hydrogens (tertiary/aromatic N) is 3. The van der Waals surface area contributed by atoms with Gasteiger partial charge in [0.25, 0.3) is 0 Å². The predicted molar refractivity (Wildman–Crippen MR) is 92.7 cm³/mol. The van der Waals surface area contributed by atoms with Crippen molar-refractivity contribution in [3.05, 3.63) is 36.4 Å². The molecular formula is C18H20F3N3O4. The molecule has 1 aromatic heterocycles. The molecule has 0 bridgehead atoms. The molecule has 3 heterocycles. The van der Waals surface area contributed by atoms with Gasteiger partial charge in [0.1, 0.15) is 17.6 Å². The molecular weight excluding hydrogens is 379 g/mol. The van der Waals surface area contributed by atoms with Crippen molar-refractivity contribution in [3.63, 3.8) is 0 Å². The third-order valence-corrected chi connectivity index (χ3v) is 4.71. The van der Waals surface area contributed by atoms with E-state index in [0.29, 0.717) is 36.3 Å². The SMILES string of the molecule is COC(=O)/C=C/O/N=C1\CC2(CCN(CC(F)(F)F)CC2)Oc2cnccc21. The van der Waals surface area contributed by atoms with Crippen molar-refractivity contribution in [2.24, 2.45) is 5.16 Å². The summed E-state index contributed by atoms with van der Waals surface area (Å²) in [7, 11) is 1.25. The molecule has 10 heteroatoms. The Morgan fingerprint density at radius 2 is 2.18 bits per heavy atom. The van der Waals surface area contributed by atoms with E-state index in [2.05, 4.69) is 14.9 Å². The first kappa shape index (κ1) is 20.1. The first-order chi connectivity index (χ1) is 13.3. The number of fused-ring (bicyclic) bond motifs is 1. The first-order valence-corrected chi connectivity index (χ1v) is 8.70. The lowest BCUT2D eigenvalue weighted by Gasteiger charge is -2.44. The highest BCUT2D eigenvalue weighted by Crippen LogP contribution is 2.39. The molecule has 0 aliphatic carbocycles. The van der Waals surface area contributed by atoms with E-state index in [1.807, 2.05) is 0 Å². The van der Waals surface area contributed by atoms with Crippen LogP contribution in [0.4, 0.5) is 13.2 Å². The number of hydrogen-bond donors (Lipinski definition) is 0. The highest BCUT2D eigenvalue weighted by molar-refractivity contribution is 6.04. The number of aromatic nitrogens is 1. The van der Waals surface area contributed by atoms with Gasteiger partial charge in [-0.3, -0.25) is 9.88 Å². The number of esters is 1. The lowest BCUT2D eigenvalue weighted by Crippen LogP contribution is -2.52. The Kier molecular flexibility index (Phi) is 5.87. The van der Waals surface area contributed by atoms with Crippen molar-refractivity contribution in [1.29, 1.82) is 0 Å². The van der Waals surface area contributed by atoms with Gasteiger partial charge in [-0.25, -0.2) is 4.79 Å². The molecule has 1 saturated heterocycles. The van der Waals surface area contributed by atoms with Crippen molar-refractivity contribution < 1.29 is 32.3 Å². The van der Waals surface area contributed by atoms with Crippen molar-refractivity contribution in [3.8, 4) is 5.75 Å². The molecule has 7 nitrogen and oxygen atoms in total.